The van der Waals surface area contributed by atoms with Crippen LogP contribution in [0.15, 0.2) is 29.8 Å². The average Bonchev–Trinajstić information content (AvgIpc) is 2.86. The molecule has 0 aromatic carbocycles. The standard InChI is InChI=1S/C12H15N5O2/c1-3-17-7-9(6-15-17)19-12-10(11(13)16-18)8(2)4-5-14-12/h4-7,18H,3H2,1-2H3,(H2,13,16). The molecule has 0 aliphatic heterocycles. The first-order valence-corrected chi connectivity index (χ1v) is 5.79. The number of pyridine rings is 1. The lowest BCUT2D eigenvalue weighted by atomic mass is 10.1. The van der Waals surface area contributed by atoms with Gasteiger partial charge in [-0.05, 0) is 25.5 Å². The lowest BCUT2D eigenvalue weighted by Crippen LogP contribution is -2.16. The van der Waals surface area contributed by atoms with E-state index < -0.39 is 0 Å². The van der Waals surface area contributed by atoms with Gasteiger partial charge in [-0.3, -0.25) is 4.68 Å². The summed E-state index contributed by atoms with van der Waals surface area (Å²) in [6.07, 6.45) is 4.94. The molecule has 0 aliphatic rings. The number of aryl methyl sites for hydroxylation is 2. The lowest BCUT2D eigenvalue weighted by molar-refractivity contribution is 0.318. The van der Waals surface area contributed by atoms with E-state index in [0.29, 0.717) is 11.3 Å². The molecule has 2 aromatic heterocycles. The monoisotopic (exact) mass is 261 g/mol. The van der Waals surface area contributed by atoms with Gasteiger partial charge in [-0.25, -0.2) is 4.98 Å². The van der Waals surface area contributed by atoms with Gasteiger partial charge in [-0.15, -0.1) is 0 Å². The summed E-state index contributed by atoms with van der Waals surface area (Å²) < 4.78 is 7.36. The number of hydrogen-bond donors (Lipinski definition) is 2. The third kappa shape index (κ3) is 2.65. The number of hydrogen-bond acceptors (Lipinski definition) is 5. The highest BCUT2D eigenvalue weighted by molar-refractivity contribution is 6.00. The fourth-order valence-electron chi connectivity index (χ4n) is 1.65. The summed E-state index contributed by atoms with van der Waals surface area (Å²) in [5.74, 6) is 0.793. The summed E-state index contributed by atoms with van der Waals surface area (Å²) in [5.41, 5.74) is 6.92. The Hall–Kier alpha value is -2.57. The van der Waals surface area contributed by atoms with Gasteiger partial charge in [0.2, 0.25) is 5.88 Å². The van der Waals surface area contributed by atoms with Crippen molar-refractivity contribution in [1.82, 2.24) is 14.8 Å². The summed E-state index contributed by atoms with van der Waals surface area (Å²) in [7, 11) is 0. The zero-order valence-corrected chi connectivity index (χ0v) is 10.7. The molecule has 2 aromatic rings. The summed E-state index contributed by atoms with van der Waals surface area (Å²) in [6, 6.07) is 1.76. The highest BCUT2D eigenvalue weighted by Crippen LogP contribution is 2.24. The highest BCUT2D eigenvalue weighted by Gasteiger charge is 2.14. The maximum atomic E-state index is 8.81. The Morgan fingerprint density at radius 2 is 2.37 bits per heavy atom. The number of rotatable bonds is 4. The van der Waals surface area contributed by atoms with Gasteiger partial charge in [0.05, 0.1) is 18.0 Å². The predicted molar refractivity (Wildman–Crippen MR) is 69.5 cm³/mol. The molecule has 0 spiro atoms. The molecule has 2 heterocycles. The van der Waals surface area contributed by atoms with Crippen molar-refractivity contribution in [2.45, 2.75) is 20.4 Å². The normalized spacial score (nSPS) is 11.6. The van der Waals surface area contributed by atoms with Crippen LogP contribution in [0.5, 0.6) is 11.6 Å². The minimum Gasteiger partial charge on any atom is -0.435 e. The minimum absolute atomic E-state index is 0.0384. The van der Waals surface area contributed by atoms with Crippen LogP contribution in [-0.4, -0.2) is 25.8 Å². The molecule has 0 aliphatic carbocycles. The summed E-state index contributed by atoms with van der Waals surface area (Å²) in [6.45, 7) is 4.55. The van der Waals surface area contributed by atoms with Crippen LogP contribution in [0.25, 0.3) is 0 Å². The number of aromatic nitrogens is 3. The molecule has 0 radical (unpaired) electrons. The highest BCUT2D eigenvalue weighted by atomic mass is 16.5. The average molecular weight is 261 g/mol. The maximum Gasteiger partial charge on any atom is 0.230 e. The first-order valence-electron chi connectivity index (χ1n) is 5.79. The van der Waals surface area contributed by atoms with E-state index in [9.17, 15) is 0 Å². The smallest absolute Gasteiger partial charge is 0.230 e. The van der Waals surface area contributed by atoms with E-state index in [2.05, 4.69) is 15.2 Å². The molecular formula is C12H15N5O2. The van der Waals surface area contributed by atoms with Crippen LogP contribution in [0.3, 0.4) is 0 Å². The molecule has 7 heteroatoms. The minimum atomic E-state index is -0.0384. The number of nitrogens with zero attached hydrogens (tertiary/aromatic N) is 4. The van der Waals surface area contributed by atoms with Gasteiger partial charge in [-0.2, -0.15) is 5.10 Å². The molecule has 0 saturated carbocycles. The second kappa shape index (κ2) is 5.38. The van der Waals surface area contributed by atoms with Crippen LogP contribution in [0.4, 0.5) is 0 Å². The molecule has 0 unspecified atom stereocenters. The Morgan fingerprint density at radius 1 is 1.58 bits per heavy atom. The maximum absolute atomic E-state index is 8.81. The molecule has 0 bridgehead atoms. The zero-order chi connectivity index (χ0) is 13.8. The van der Waals surface area contributed by atoms with Crippen molar-refractivity contribution in [1.29, 1.82) is 0 Å². The Balaban J connectivity index is 2.37. The van der Waals surface area contributed by atoms with E-state index in [1.807, 2.05) is 13.8 Å². The van der Waals surface area contributed by atoms with Crippen LogP contribution in [-0.2, 0) is 6.54 Å². The van der Waals surface area contributed by atoms with Crippen LogP contribution >= 0.6 is 0 Å². The van der Waals surface area contributed by atoms with Crippen molar-refractivity contribution in [2.75, 3.05) is 0 Å². The van der Waals surface area contributed by atoms with Crippen LogP contribution in [0, 0.1) is 6.92 Å². The molecule has 7 nitrogen and oxygen atoms in total. The van der Waals surface area contributed by atoms with Gasteiger partial charge in [0.15, 0.2) is 11.6 Å². The van der Waals surface area contributed by atoms with Crippen molar-refractivity contribution < 1.29 is 9.94 Å². The molecule has 100 valence electrons. The van der Waals surface area contributed by atoms with Crippen molar-refractivity contribution in [3.63, 3.8) is 0 Å². The molecule has 0 atom stereocenters. The summed E-state index contributed by atoms with van der Waals surface area (Å²) in [4.78, 5) is 4.11. The molecule has 0 amide bonds. The largest absolute Gasteiger partial charge is 0.435 e. The number of amidine groups is 1. The van der Waals surface area contributed by atoms with E-state index >= 15 is 0 Å². The van der Waals surface area contributed by atoms with E-state index in [1.54, 1.807) is 29.3 Å². The van der Waals surface area contributed by atoms with Gasteiger partial charge in [-0.1, -0.05) is 5.16 Å². The van der Waals surface area contributed by atoms with Crippen molar-refractivity contribution in [3.05, 3.63) is 35.8 Å². The molecule has 0 fully saturated rings. The molecule has 19 heavy (non-hydrogen) atoms. The second-order valence-electron chi connectivity index (χ2n) is 3.93. The fraction of sp³-hybridized carbons (Fsp3) is 0.250. The van der Waals surface area contributed by atoms with E-state index in [1.165, 1.54) is 0 Å². The molecule has 3 N–H and O–H groups in total. The first-order chi connectivity index (χ1) is 9.15. The predicted octanol–water partition coefficient (Wildman–Crippen LogP) is 1.49. The number of nitrogens with two attached hydrogens (primary N) is 1. The van der Waals surface area contributed by atoms with Gasteiger partial charge < -0.3 is 15.7 Å². The Morgan fingerprint density at radius 3 is 3.00 bits per heavy atom. The van der Waals surface area contributed by atoms with Gasteiger partial charge in [0, 0.05) is 12.7 Å². The van der Waals surface area contributed by atoms with Gasteiger partial charge in [0.25, 0.3) is 0 Å². The van der Waals surface area contributed by atoms with Crippen LogP contribution < -0.4 is 10.5 Å². The fourth-order valence-corrected chi connectivity index (χ4v) is 1.65. The Kier molecular flexibility index (Phi) is 3.65. The SMILES string of the molecule is CCn1cc(Oc2nccc(C)c2/C(N)=N/O)cn1. The molecular weight excluding hydrogens is 246 g/mol. The Labute approximate surface area is 110 Å². The van der Waals surface area contributed by atoms with E-state index in [-0.39, 0.29) is 11.7 Å². The topological polar surface area (TPSA) is 98.6 Å². The summed E-state index contributed by atoms with van der Waals surface area (Å²) >= 11 is 0. The van der Waals surface area contributed by atoms with E-state index in [4.69, 9.17) is 15.7 Å². The van der Waals surface area contributed by atoms with Crippen molar-refractivity contribution >= 4 is 5.84 Å². The van der Waals surface area contributed by atoms with Gasteiger partial charge in [0.1, 0.15) is 0 Å². The summed E-state index contributed by atoms with van der Waals surface area (Å²) in [5, 5.41) is 15.9. The number of oxime groups is 1. The quantitative estimate of drug-likeness (QED) is 0.376. The molecule has 0 saturated heterocycles. The number of ether oxygens (including phenoxy) is 1. The van der Waals surface area contributed by atoms with Gasteiger partial charge >= 0.3 is 0 Å². The van der Waals surface area contributed by atoms with Crippen molar-refractivity contribution in [2.24, 2.45) is 10.9 Å². The second-order valence-corrected chi connectivity index (χ2v) is 3.93. The molecule has 2 rings (SSSR count). The lowest BCUT2D eigenvalue weighted by Gasteiger charge is -2.09. The van der Waals surface area contributed by atoms with E-state index in [0.717, 1.165) is 12.1 Å². The third-order valence-corrected chi connectivity index (χ3v) is 2.64. The third-order valence-electron chi connectivity index (χ3n) is 2.64. The van der Waals surface area contributed by atoms with Crippen LogP contribution in [0.1, 0.15) is 18.1 Å². The van der Waals surface area contributed by atoms with Crippen LogP contribution in [0.2, 0.25) is 0 Å². The first kappa shape index (κ1) is 12.9. The van der Waals surface area contributed by atoms with Crippen molar-refractivity contribution in [3.8, 4) is 11.6 Å². The Bertz CT molecular complexity index is 606. The zero-order valence-electron chi connectivity index (χ0n) is 10.7.